The molecule has 0 radical (unpaired) electrons. The molecule has 4 heteroatoms. The molecule has 1 aromatic carbocycles. The van der Waals surface area contributed by atoms with Crippen LogP contribution in [0.1, 0.15) is 20.8 Å². The lowest BCUT2D eigenvalue weighted by atomic mass is 10.0. The lowest BCUT2D eigenvalue weighted by Gasteiger charge is -2.07. The Morgan fingerprint density at radius 2 is 2.11 bits per heavy atom. The maximum absolute atomic E-state index is 12.3. The van der Waals surface area contributed by atoms with Crippen LogP contribution in [0.5, 0.6) is 5.75 Å². The van der Waals surface area contributed by atoms with E-state index in [0.717, 1.165) is 14.2 Å². The number of benzene rings is 1. The molecule has 0 N–H and O–H groups in total. The van der Waals surface area contributed by atoms with Gasteiger partial charge in [0.1, 0.15) is 5.75 Å². The quantitative estimate of drug-likeness (QED) is 0.786. The van der Waals surface area contributed by atoms with E-state index in [1.165, 1.54) is 0 Å². The first kappa shape index (κ1) is 13.3. The highest BCUT2D eigenvalue weighted by Gasteiger charge is 2.14. The minimum Gasteiger partial charge on any atom is -0.496 e. The lowest BCUT2D eigenvalue weighted by Crippen LogP contribution is -2.05. The van der Waals surface area contributed by atoms with E-state index in [-0.39, 0.29) is 5.78 Å². The summed E-state index contributed by atoms with van der Waals surface area (Å²) >= 11 is 4.98. The number of carbonyl (C=O) groups is 1. The van der Waals surface area contributed by atoms with E-state index in [1.807, 2.05) is 37.3 Å². The zero-order valence-corrected chi connectivity index (χ0v) is 12.6. The van der Waals surface area contributed by atoms with E-state index < -0.39 is 0 Å². The molecular formula is C14H13BrO2S. The van der Waals surface area contributed by atoms with Gasteiger partial charge in [0.2, 0.25) is 0 Å². The predicted octanol–water partition coefficient (Wildman–Crippen LogP) is 4.25. The third kappa shape index (κ3) is 3.00. The van der Waals surface area contributed by atoms with Crippen LogP contribution in [-0.4, -0.2) is 12.9 Å². The third-order valence-electron chi connectivity index (χ3n) is 2.62. The first-order valence-corrected chi connectivity index (χ1v) is 7.13. The Kier molecular flexibility index (Phi) is 4.19. The van der Waals surface area contributed by atoms with Crippen molar-refractivity contribution < 1.29 is 9.53 Å². The molecule has 0 spiro atoms. The van der Waals surface area contributed by atoms with E-state index in [1.54, 1.807) is 18.4 Å². The number of Topliss-reactive ketones (excluding diaryl/α,β-unsaturated/α-hetero) is 1. The zero-order chi connectivity index (χ0) is 13.1. The van der Waals surface area contributed by atoms with Gasteiger partial charge in [-0.3, -0.25) is 4.79 Å². The second-order valence-electron chi connectivity index (χ2n) is 4.01. The van der Waals surface area contributed by atoms with Gasteiger partial charge in [-0.05, 0) is 47.1 Å². The summed E-state index contributed by atoms with van der Waals surface area (Å²) in [5.41, 5.74) is 1.72. The molecular weight excluding hydrogens is 312 g/mol. The first-order valence-electron chi connectivity index (χ1n) is 5.52. The Bertz CT molecular complexity index is 575. The van der Waals surface area contributed by atoms with Gasteiger partial charge < -0.3 is 4.74 Å². The molecule has 1 heterocycles. The van der Waals surface area contributed by atoms with Crippen LogP contribution in [0, 0.1) is 6.92 Å². The normalized spacial score (nSPS) is 10.4. The van der Waals surface area contributed by atoms with Crippen LogP contribution in [-0.2, 0) is 6.42 Å². The average molecular weight is 325 g/mol. The third-order valence-corrected chi connectivity index (χ3v) is 4.24. The molecule has 1 aromatic heterocycles. The molecule has 18 heavy (non-hydrogen) atoms. The number of ketones is 1. The smallest absolute Gasteiger partial charge is 0.171 e. The van der Waals surface area contributed by atoms with Gasteiger partial charge in [-0.25, -0.2) is 0 Å². The van der Waals surface area contributed by atoms with Crippen molar-refractivity contribution in [2.45, 2.75) is 13.3 Å². The molecule has 0 bridgehead atoms. The van der Waals surface area contributed by atoms with Crippen LogP contribution in [0.25, 0.3) is 0 Å². The van der Waals surface area contributed by atoms with Crippen LogP contribution in [0.15, 0.2) is 34.1 Å². The molecule has 0 saturated heterocycles. The zero-order valence-electron chi connectivity index (χ0n) is 10.2. The maximum Gasteiger partial charge on any atom is 0.171 e. The van der Waals surface area contributed by atoms with Crippen LogP contribution in [0.3, 0.4) is 0 Å². The van der Waals surface area contributed by atoms with Crippen molar-refractivity contribution in [3.8, 4) is 5.75 Å². The van der Waals surface area contributed by atoms with Crippen LogP contribution in [0.4, 0.5) is 0 Å². The van der Waals surface area contributed by atoms with Crippen LogP contribution in [0.2, 0.25) is 0 Å². The fourth-order valence-electron chi connectivity index (χ4n) is 1.74. The largest absolute Gasteiger partial charge is 0.496 e. The highest BCUT2D eigenvalue weighted by molar-refractivity contribution is 9.11. The van der Waals surface area contributed by atoms with Crippen molar-refractivity contribution in [1.29, 1.82) is 0 Å². The van der Waals surface area contributed by atoms with Crippen molar-refractivity contribution in [2.24, 2.45) is 0 Å². The van der Waals surface area contributed by atoms with Crippen molar-refractivity contribution in [2.75, 3.05) is 7.11 Å². The molecule has 94 valence electrons. The van der Waals surface area contributed by atoms with E-state index in [4.69, 9.17) is 4.74 Å². The molecule has 0 amide bonds. The molecule has 0 atom stereocenters. The van der Waals surface area contributed by atoms with Gasteiger partial charge in [-0.2, -0.15) is 0 Å². The summed E-state index contributed by atoms with van der Waals surface area (Å²) in [5.74, 6) is 0.728. The summed E-state index contributed by atoms with van der Waals surface area (Å²) in [6.45, 7) is 1.97. The number of methoxy groups -OCH3 is 1. The summed E-state index contributed by atoms with van der Waals surface area (Å²) < 4.78 is 6.28. The second kappa shape index (κ2) is 5.67. The Morgan fingerprint density at radius 1 is 1.33 bits per heavy atom. The molecule has 2 rings (SSSR count). The SMILES string of the molecule is COc1ccc(C)cc1C(=O)Cc1ccc(Br)s1. The Hall–Kier alpha value is -1.13. The molecule has 2 nitrogen and oxygen atoms in total. The highest BCUT2D eigenvalue weighted by atomic mass is 79.9. The van der Waals surface area contributed by atoms with Gasteiger partial charge in [-0.1, -0.05) is 11.6 Å². The summed E-state index contributed by atoms with van der Waals surface area (Å²) in [4.78, 5) is 13.3. The molecule has 0 unspecified atom stereocenters. The molecule has 0 aliphatic heterocycles. The Labute approximate surface area is 119 Å². The minimum atomic E-state index is 0.0879. The van der Waals surface area contributed by atoms with Crippen LogP contribution >= 0.6 is 27.3 Å². The standard InChI is InChI=1S/C14H13BrO2S/c1-9-3-5-13(17-2)11(7-9)12(16)8-10-4-6-14(15)18-10/h3-7H,8H2,1-2H3. The van der Waals surface area contributed by atoms with E-state index >= 15 is 0 Å². The second-order valence-corrected chi connectivity index (χ2v) is 6.56. The fraction of sp³-hybridized carbons (Fsp3) is 0.214. The lowest BCUT2D eigenvalue weighted by molar-refractivity contribution is 0.0991. The Balaban J connectivity index is 2.25. The van der Waals surface area contributed by atoms with E-state index in [2.05, 4.69) is 15.9 Å². The van der Waals surface area contributed by atoms with Gasteiger partial charge in [0.15, 0.2) is 5.78 Å². The fourth-order valence-corrected chi connectivity index (χ4v) is 3.22. The van der Waals surface area contributed by atoms with Gasteiger partial charge in [0, 0.05) is 11.3 Å². The maximum atomic E-state index is 12.3. The van der Waals surface area contributed by atoms with Crippen molar-refractivity contribution >= 4 is 33.0 Å². The van der Waals surface area contributed by atoms with E-state index in [9.17, 15) is 4.79 Å². The van der Waals surface area contributed by atoms with E-state index in [0.29, 0.717) is 17.7 Å². The molecule has 0 aliphatic carbocycles. The number of thiophene rings is 1. The number of hydrogen-bond donors (Lipinski definition) is 0. The van der Waals surface area contributed by atoms with Gasteiger partial charge in [0.25, 0.3) is 0 Å². The predicted molar refractivity (Wildman–Crippen MR) is 77.8 cm³/mol. The Morgan fingerprint density at radius 3 is 2.72 bits per heavy atom. The number of hydrogen-bond acceptors (Lipinski definition) is 3. The summed E-state index contributed by atoms with van der Waals surface area (Å²) in [6, 6.07) is 9.59. The molecule has 0 saturated carbocycles. The first-order chi connectivity index (χ1) is 8.60. The summed E-state index contributed by atoms with van der Waals surface area (Å²) in [5, 5.41) is 0. The van der Waals surface area contributed by atoms with Crippen molar-refractivity contribution in [1.82, 2.24) is 0 Å². The van der Waals surface area contributed by atoms with Gasteiger partial charge in [-0.15, -0.1) is 11.3 Å². The number of aryl methyl sites for hydroxylation is 1. The van der Waals surface area contributed by atoms with Gasteiger partial charge in [0.05, 0.1) is 16.5 Å². The summed E-state index contributed by atoms with van der Waals surface area (Å²) in [7, 11) is 1.59. The number of ether oxygens (including phenoxy) is 1. The number of rotatable bonds is 4. The molecule has 2 aromatic rings. The average Bonchev–Trinajstić information content (AvgIpc) is 2.74. The van der Waals surface area contributed by atoms with Crippen LogP contribution < -0.4 is 4.74 Å². The molecule has 0 aliphatic rings. The van der Waals surface area contributed by atoms with Gasteiger partial charge >= 0.3 is 0 Å². The van der Waals surface area contributed by atoms with Crippen molar-refractivity contribution in [3.05, 3.63) is 50.1 Å². The number of halogens is 1. The highest BCUT2D eigenvalue weighted by Crippen LogP contribution is 2.26. The number of carbonyl (C=O) groups excluding carboxylic acids is 1. The monoisotopic (exact) mass is 324 g/mol. The topological polar surface area (TPSA) is 26.3 Å². The molecule has 0 fully saturated rings. The minimum absolute atomic E-state index is 0.0879. The summed E-state index contributed by atoms with van der Waals surface area (Å²) in [6.07, 6.45) is 0.413. The van der Waals surface area contributed by atoms with Crippen molar-refractivity contribution in [3.63, 3.8) is 0 Å².